The van der Waals surface area contributed by atoms with Crippen molar-refractivity contribution in [3.05, 3.63) is 35.9 Å². The quantitative estimate of drug-likeness (QED) is 0.533. The molecule has 0 aromatic heterocycles. The molecule has 130 valence electrons. The van der Waals surface area contributed by atoms with Gasteiger partial charge in [0.1, 0.15) is 17.1 Å². The lowest BCUT2D eigenvalue weighted by Gasteiger charge is -2.38. The van der Waals surface area contributed by atoms with Crippen LogP contribution in [0.3, 0.4) is 0 Å². The Morgan fingerprint density at radius 3 is 2.04 bits per heavy atom. The van der Waals surface area contributed by atoms with Gasteiger partial charge in [-0.05, 0) is 44.5 Å². The fraction of sp³-hybridized carbons (Fsp3) is 0.611. The number of rotatable bonds is 5. The molecule has 0 spiro atoms. The standard InChI is InChI=1S/C18H31NO2SSi/c1-17(2,3)22(20)19-14-16(15-12-10-9-11-13-15)21-23(7,8)18(4,5)6/h9-14,16H,1-8H3/b19-14+/t16-,22?/m1/s1. The van der Waals surface area contributed by atoms with E-state index in [4.69, 9.17) is 4.43 Å². The summed E-state index contributed by atoms with van der Waals surface area (Å²) in [5, 5.41) is 0.108. The minimum atomic E-state index is -1.96. The Balaban J connectivity index is 3.10. The van der Waals surface area contributed by atoms with E-state index in [1.54, 1.807) is 6.21 Å². The average Bonchev–Trinajstić information content (AvgIpc) is 2.41. The molecule has 1 aromatic carbocycles. The van der Waals surface area contributed by atoms with Crippen LogP contribution in [-0.4, -0.2) is 23.5 Å². The van der Waals surface area contributed by atoms with Gasteiger partial charge in [0, 0.05) is 6.21 Å². The Hall–Kier alpha value is -0.783. The Morgan fingerprint density at radius 1 is 1.09 bits per heavy atom. The van der Waals surface area contributed by atoms with Crippen molar-refractivity contribution in [1.29, 1.82) is 0 Å². The first-order valence-corrected chi connectivity index (χ1v) is 12.0. The summed E-state index contributed by atoms with van der Waals surface area (Å²) in [6.07, 6.45) is 1.46. The van der Waals surface area contributed by atoms with E-state index in [0.717, 1.165) is 5.56 Å². The predicted molar refractivity (Wildman–Crippen MR) is 104 cm³/mol. The van der Waals surface area contributed by atoms with Gasteiger partial charge in [-0.25, -0.2) is 4.21 Å². The molecule has 0 bridgehead atoms. The zero-order valence-corrected chi connectivity index (χ0v) is 17.5. The molecule has 0 amide bonds. The van der Waals surface area contributed by atoms with E-state index >= 15 is 0 Å². The molecule has 0 aliphatic rings. The maximum atomic E-state index is 12.2. The van der Waals surface area contributed by atoms with Gasteiger partial charge < -0.3 is 4.43 Å². The third kappa shape index (κ3) is 5.97. The Bertz CT molecular complexity index is 557. The van der Waals surface area contributed by atoms with Crippen LogP contribution < -0.4 is 0 Å². The van der Waals surface area contributed by atoms with Gasteiger partial charge in [0.05, 0.1) is 4.75 Å². The van der Waals surface area contributed by atoms with Gasteiger partial charge in [0.25, 0.3) is 0 Å². The van der Waals surface area contributed by atoms with Gasteiger partial charge in [0.15, 0.2) is 8.32 Å². The molecule has 3 nitrogen and oxygen atoms in total. The highest BCUT2D eigenvalue weighted by atomic mass is 32.2. The first kappa shape index (κ1) is 20.3. The normalized spacial score (nSPS) is 16.5. The summed E-state index contributed by atoms with van der Waals surface area (Å²) < 4.78 is 22.7. The Kier molecular flexibility index (Phi) is 6.53. The zero-order valence-electron chi connectivity index (χ0n) is 15.7. The fourth-order valence-electron chi connectivity index (χ4n) is 1.59. The SMILES string of the molecule is CC(C)(C)S(=O)/N=C/[C@@H](O[Si](C)(C)C(C)(C)C)c1ccccc1. The van der Waals surface area contributed by atoms with E-state index in [2.05, 4.69) is 38.3 Å². The minimum absolute atomic E-state index is 0.108. The van der Waals surface area contributed by atoms with Crippen LogP contribution in [0.25, 0.3) is 0 Å². The van der Waals surface area contributed by atoms with Crippen LogP contribution in [0.4, 0.5) is 0 Å². The third-order valence-electron chi connectivity index (χ3n) is 4.17. The van der Waals surface area contributed by atoms with Gasteiger partial charge in [0.2, 0.25) is 0 Å². The van der Waals surface area contributed by atoms with Crippen molar-refractivity contribution in [2.75, 3.05) is 0 Å². The van der Waals surface area contributed by atoms with Crippen LogP contribution in [0.5, 0.6) is 0 Å². The molecule has 0 heterocycles. The summed E-state index contributed by atoms with van der Waals surface area (Å²) in [4.78, 5) is 0. The second-order valence-corrected chi connectivity index (χ2v) is 15.0. The van der Waals surface area contributed by atoms with E-state index < -0.39 is 19.3 Å². The molecular formula is C18H31NO2SSi. The lowest BCUT2D eigenvalue weighted by molar-refractivity contribution is 0.251. The molecule has 23 heavy (non-hydrogen) atoms. The van der Waals surface area contributed by atoms with Crippen LogP contribution in [0.2, 0.25) is 18.1 Å². The first-order valence-electron chi connectivity index (χ1n) is 8.03. The van der Waals surface area contributed by atoms with Crippen LogP contribution in [0, 0.1) is 0 Å². The van der Waals surface area contributed by atoms with Gasteiger partial charge in [-0.3, -0.25) is 0 Å². The maximum Gasteiger partial charge on any atom is 0.193 e. The predicted octanol–water partition coefficient (Wildman–Crippen LogP) is 5.28. The van der Waals surface area contributed by atoms with E-state index in [1.165, 1.54) is 0 Å². The highest BCUT2D eigenvalue weighted by molar-refractivity contribution is 7.85. The van der Waals surface area contributed by atoms with E-state index in [-0.39, 0.29) is 15.9 Å². The third-order valence-corrected chi connectivity index (χ3v) is 9.99. The molecule has 0 saturated heterocycles. The molecule has 5 heteroatoms. The summed E-state index contributed by atoms with van der Waals surface area (Å²) >= 11 is 0. The van der Waals surface area contributed by atoms with Gasteiger partial charge in [-0.15, -0.1) is 0 Å². The monoisotopic (exact) mass is 353 g/mol. The number of nitrogens with zero attached hydrogens (tertiary/aromatic N) is 1. The molecule has 1 aromatic rings. The van der Waals surface area contributed by atoms with Crippen molar-refractivity contribution in [2.24, 2.45) is 4.40 Å². The summed E-state index contributed by atoms with van der Waals surface area (Å²) in [7, 11) is -3.24. The Morgan fingerprint density at radius 2 is 1.61 bits per heavy atom. The highest BCUT2D eigenvalue weighted by Crippen LogP contribution is 2.39. The van der Waals surface area contributed by atoms with Crippen molar-refractivity contribution >= 4 is 25.5 Å². The van der Waals surface area contributed by atoms with Gasteiger partial charge in [-0.2, -0.15) is 4.40 Å². The summed E-state index contributed by atoms with van der Waals surface area (Å²) in [5.74, 6) is 0. The van der Waals surface area contributed by atoms with E-state index in [0.29, 0.717) is 0 Å². The maximum absolute atomic E-state index is 12.2. The summed E-state index contributed by atoms with van der Waals surface area (Å²) in [5.41, 5.74) is 1.05. The largest absolute Gasteiger partial charge is 0.405 e. The molecular weight excluding hydrogens is 322 g/mol. The van der Waals surface area contributed by atoms with Crippen LogP contribution >= 0.6 is 0 Å². The average molecular weight is 354 g/mol. The molecule has 0 fully saturated rings. The van der Waals surface area contributed by atoms with E-state index in [9.17, 15) is 4.21 Å². The molecule has 0 aliphatic carbocycles. The zero-order chi connectivity index (χ0) is 17.9. The van der Waals surface area contributed by atoms with Crippen molar-refractivity contribution in [3.63, 3.8) is 0 Å². The van der Waals surface area contributed by atoms with Crippen LogP contribution in [0.1, 0.15) is 53.2 Å². The second kappa shape index (κ2) is 7.41. The second-order valence-electron chi connectivity index (χ2n) is 8.33. The highest BCUT2D eigenvalue weighted by Gasteiger charge is 2.39. The lowest BCUT2D eigenvalue weighted by atomic mass is 10.1. The number of hydrogen-bond donors (Lipinski definition) is 0. The molecule has 0 saturated carbocycles. The molecule has 0 N–H and O–H groups in total. The molecule has 1 unspecified atom stereocenters. The first-order chi connectivity index (χ1) is 10.3. The molecule has 2 atom stereocenters. The number of hydrogen-bond acceptors (Lipinski definition) is 2. The van der Waals surface area contributed by atoms with Crippen molar-refractivity contribution in [1.82, 2.24) is 0 Å². The Labute approximate surface area is 145 Å². The topological polar surface area (TPSA) is 38.7 Å². The van der Waals surface area contributed by atoms with Crippen LogP contribution in [-0.2, 0) is 15.4 Å². The van der Waals surface area contributed by atoms with Gasteiger partial charge >= 0.3 is 0 Å². The van der Waals surface area contributed by atoms with Crippen molar-refractivity contribution < 1.29 is 8.63 Å². The molecule has 0 aliphatic heterocycles. The van der Waals surface area contributed by atoms with Crippen molar-refractivity contribution in [2.45, 2.75) is 70.5 Å². The number of benzene rings is 1. The van der Waals surface area contributed by atoms with Crippen LogP contribution in [0.15, 0.2) is 34.7 Å². The molecule has 1 rings (SSSR count). The van der Waals surface area contributed by atoms with Crippen molar-refractivity contribution in [3.8, 4) is 0 Å². The smallest absolute Gasteiger partial charge is 0.193 e. The van der Waals surface area contributed by atoms with Gasteiger partial charge in [-0.1, -0.05) is 51.1 Å². The minimum Gasteiger partial charge on any atom is -0.405 e. The summed E-state index contributed by atoms with van der Waals surface area (Å²) in [6, 6.07) is 10.0. The molecule has 0 radical (unpaired) electrons. The lowest BCUT2D eigenvalue weighted by Crippen LogP contribution is -2.42. The van der Waals surface area contributed by atoms with E-state index in [1.807, 2.05) is 51.1 Å². The fourth-order valence-corrected chi connectivity index (χ4v) is 3.31. The summed E-state index contributed by atoms with van der Waals surface area (Å²) in [6.45, 7) is 16.9.